The van der Waals surface area contributed by atoms with E-state index in [1.807, 2.05) is 12.2 Å². The standard InChI is InChI=1S/C13H16N2O3S/c1-9-11(7-4-8-12(9)19(14,17)18)15-13(16)10-5-2-3-6-10/h2-4,7-8,10H,5-6H2,1H3,(H,15,16)(H2,14,17,18). The van der Waals surface area contributed by atoms with Crippen molar-refractivity contribution in [1.29, 1.82) is 0 Å². The number of carbonyl (C=O) groups excluding carboxylic acids is 1. The highest BCUT2D eigenvalue weighted by Crippen LogP contribution is 2.24. The average Bonchev–Trinajstić information content (AvgIpc) is 2.83. The number of rotatable bonds is 3. The maximum atomic E-state index is 12.0. The number of amides is 1. The predicted octanol–water partition coefficient (Wildman–Crippen LogP) is 1.55. The van der Waals surface area contributed by atoms with Crippen LogP contribution in [0.5, 0.6) is 0 Å². The Morgan fingerprint density at radius 2 is 1.95 bits per heavy atom. The van der Waals surface area contributed by atoms with Crippen molar-refractivity contribution in [3.8, 4) is 0 Å². The van der Waals surface area contributed by atoms with E-state index in [4.69, 9.17) is 5.14 Å². The topological polar surface area (TPSA) is 89.3 Å². The van der Waals surface area contributed by atoms with Crippen molar-refractivity contribution in [3.05, 3.63) is 35.9 Å². The van der Waals surface area contributed by atoms with Crippen molar-refractivity contribution in [2.45, 2.75) is 24.7 Å². The lowest BCUT2D eigenvalue weighted by Gasteiger charge is -2.14. The van der Waals surface area contributed by atoms with Gasteiger partial charge in [0.15, 0.2) is 0 Å². The average molecular weight is 280 g/mol. The molecule has 1 aliphatic carbocycles. The van der Waals surface area contributed by atoms with Gasteiger partial charge in [-0.15, -0.1) is 0 Å². The van der Waals surface area contributed by atoms with E-state index < -0.39 is 10.0 Å². The molecule has 0 aliphatic heterocycles. The summed E-state index contributed by atoms with van der Waals surface area (Å²) in [6.45, 7) is 1.63. The van der Waals surface area contributed by atoms with E-state index in [0.29, 0.717) is 11.3 Å². The van der Waals surface area contributed by atoms with Gasteiger partial charge in [-0.05, 0) is 37.5 Å². The molecule has 6 heteroatoms. The minimum atomic E-state index is -3.77. The lowest BCUT2D eigenvalue weighted by atomic mass is 10.1. The number of hydrogen-bond donors (Lipinski definition) is 2. The van der Waals surface area contributed by atoms with Crippen LogP contribution in [0, 0.1) is 12.8 Å². The molecule has 0 fully saturated rings. The maximum absolute atomic E-state index is 12.0. The van der Waals surface area contributed by atoms with Gasteiger partial charge in [-0.25, -0.2) is 13.6 Å². The highest BCUT2D eigenvalue weighted by atomic mass is 32.2. The summed E-state index contributed by atoms with van der Waals surface area (Å²) in [7, 11) is -3.77. The van der Waals surface area contributed by atoms with Crippen molar-refractivity contribution in [3.63, 3.8) is 0 Å². The third-order valence-electron chi connectivity index (χ3n) is 3.23. The molecule has 0 spiro atoms. The van der Waals surface area contributed by atoms with Gasteiger partial charge in [0.2, 0.25) is 15.9 Å². The van der Waals surface area contributed by atoms with Crippen LogP contribution in [0.4, 0.5) is 5.69 Å². The molecule has 0 unspecified atom stereocenters. The van der Waals surface area contributed by atoms with Gasteiger partial charge >= 0.3 is 0 Å². The summed E-state index contributed by atoms with van der Waals surface area (Å²) in [6, 6.07) is 4.66. The molecular weight excluding hydrogens is 264 g/mol. The number of carbonyl (C=O) groups is 1. The van der Waals surface area contributed by atoms with Crippen LogP contribution in [0.3, 0.4) is 0 Å². The van der Waals surface area contributed by atoms with Crippen LogP contribution in [-0.4, -0.2) is 14.3 Å². The smallest absolute Gasteiger partial charge is 0.238 e. The van der Waals surface area contributed by atoms with E-state index in [1.165, 1.54) is 6.07 Å². The first-order valence-electron chi connectivity index (χ1n) is 5.98. The Morgan fingerprint density at radius 1 is 1.32 bits per heavy atom. The quantitative estimate of drug-likeness (QED) is 0.823. The fourth-order valence-electron chi connectivity index (χ4n) is 2.12. The molecule has 0 atom stereocenters. The fourth-order valence-corrected chi connectivity index (χ4v) is 2.93. The van der Waals surface area contributed by atoms with Gasteiger partial charge in [-0.3, -0.25) is 4.79 Å². The molecule has 102 valence electrons. The lowest BCUT2D eigenvalue weighted by Crippen LogP contribution is -2.22. The Bertz CT molecular complexity index is 627. The Kier molecular flexibility index (Phi) is 3.73. The number of anilines is 1. The number of nitrogens with one attached hydrogen (secondary N) is 1. The summed E-state index contributed by atoms with van der Waals surface area (Å²) in [5, 5.41) is 7.89. The van der Waals surface area contributed by atoms with E-state index >= 15 is 0 Å². The fraction of sp³-hybridized carbons (Fsp3) is 0.308. The summed E-state index contributed by atoms with van der Waals surface area (Å²) in [4.78, 5) is 12.0. The van der Waals surface area contributed by atoms with Crippen LogP contribution in [0.15, 0.2) is 35.2 Å². The first-order chi connectivity index (χ1) is 8.89. The van der Waals surface area contributed by atoms with Crippen molar-refractivity contribution in [2.24, 2.45) is 11.1 Å². The molecule has 0 saturated carbocycles. The van der Waals surface area contributed by atoms with Crippen molar-refractivity contribution in [1.82, 2.24) is 0 Å². The van der Waals surface area contributed by atoms with Crippen molar-refractivity contribution >= 4 is 21.6 Å². The second-order valence-electron chi connectivity index (χ2n) is 4.60. The van der Waals surface area contributed by atoms with E-state index in [0.717, 1.165) is 12.8 Å². The van der Waals surface area contributed by atoms with Gasteiger partial charge in [0, 0.05) is 11.6 Å². The SMILES string of the molecule is Cc1c(NC(=O)C2CC=CC2)cccc1S(N)(=O)=O. The summed E-state index contributed by atoms with van der Waals surface area (Å²) >= 11 is 0. The Balaban J connectivity index is 2.24. The number of nitrogens with two attached hydrogens (primary N) is 1. The van der Waals surface area contributed by atoms with Gasteiger partial charge < -0.3 is 5.32 Å². The number of allylic oxidation sites excluding steroid dienone is 2. The monoisotopic (exact) mass is 280 g/mol. The highest BCUT2D eigenvalue weighted by molar-refractivity contribution is 7.89. The normalized spacial score (nSPS) is 15.7. The van der Waals surface area contributed by atoms with E-state index in [-0.39, 0.29) is 16.7 Å². The van der Waals surface area contributed by atoms with E-state index in [1.54, 1.807) is 19.1 Å². The number of primary sulfonamides is 1. The van der Waals surface area contributed by atoms with Crippen molar-refractivity contribution < 1.29 is 13.2 Å². The summed E-state index contributed by atoms with van der Waals surface area (Å²) < 4.78 is 22.8. The highest BCUT2D eigenvalue weighted by Gasteiger charge is 2.21. The molecule has 1 aromatic rings. The number of hydrogen-bond acceptors (Lipinski definition) is 3. The molecule has 0 heterocycles. The summed E-state index contributed by atoms with van der Waals surface area (Å²) in [5.41, 5.74) is 0.952. The maximum Gasteiger partial charge on any atom is 0.238 e. The third-order valence-corrected chi connectivity index (χ3v) is 4.28. The zero-order valence-corrected chi connectivity index (χ0v) is 11.4. The van der Waals surface area contributed by atoms with E-state index in [2.05, 4.69) is 5.32 Å². The summed E-state index contributed by atoms with van der Waals surface area (Å²) in [5.74, 6) is -0.169. The Morgan fingerprint density at radius 3 is 2.53 bits per heavy atom. The molecule has 0 aromatic heterocycles. The van der Waals surface area contributed by atoms with Crippen LogP contribution < -0.4 is 10.5 Å². The number of sulfonamides is 1. The first kappa shape index (κ1) is 13.8. The minimum absolute atomic E-state index is 0.0369. The predicted molar refractivity (Wildman–Crippen MR) is 73.0 cm³/mol. The second kappa shape index (κ2) is 5.14. The molecule has 0 radical (unpaired) electrons. The molecule has 0 bridgehead atoms. The van der Waals surface area contributed by atoms with E-state index in [9.17, 15) is 13.2 Å². The minimum Gasteiger partial charge on any atom is -0.326 e. The molecule has 19 heavy (non-hydrogen) atoms. The molecule has 1 aliphatic rings. The Hall–Kier alpha value is -1.66. The largest absolute Gasteiger partial charge is 0.326 e. The molecule has 3 N–H and O–H groups in total. The van der Waals surface area contributed by atoms with Crippen molar-refractivity contribution in [2.75, 3.05) is 5.32 Å². The Labute approximate surface area is 112 Å². The molecule has 1 amide bonds. The third kappa shape index (κ3) is 3.02. The number of benzene rings is 1. The molecule has 0 saturated heterocycles. The van der Waals surface area contributed by atoms with Crippen LogP contribution in [0.1, 0.15) is 18.4 Å². The van der Waals surface area contributed by atoms with Gasteiger partial charge in [-0.1, -0.05) is 18.2 Å². The molecule has 5 nitrogen and oxygen atoms in total. The van der Waals surface area contributed by atoms with Gasteiger partial charge in [0.25, 0.3) is 0 Å². The zero-order chi connectivity index (χ0) is 14.0. The van der Waals surface area contributed by atoms with Gasteiger partial charge in [0.1, 0.15) is 0 Å². The molecule has 2 rings (SSSR count). The molecular formula is C13H16N2O3S. The van der Waals surface area contributed by atoms with Crippen LogP contribution in [0.2, 0.25) is 0 Å². The second-order valence-corrected chi connectivity index (χ2v) is 6.13. The zero-order valence-electron chi connectivity index (χ0n) is 10.6. The first-order valence-corrected chi connectivity index (χ1v) is 7.52. The van der Waals surface area contributed by atoms with Crippen LogP contribution in [0.25, 0.3) is 0 Å². The van der Waals surface area contributed by atoms with Gasteiger partial charge in [-0.2, -0.15) is 0 Å². The molecule has 1 aromatic carbocycles. The van der Waals surface area contributed by atoms with Crippen LogP contribution >= 0.6 is 0 Å². The lowest BCUT2D eigenvalue weighted by molar-refractivity contribution is -0.119. The summed E-state index contributed by atoms with van der Waals surface area (Å²) in [6.07, 6.45) is 5.38. The van der Waals surface area contributed by atoms with Gasteiger partial charge in [0.05, 0.1) is 4.90 Å². The van der Waals surface area contributed by atoms with Crippen LogP contribution in [-0.2, 0) is 14.8 Å².